The number of aryl methyl sites for hydroxylation is 1. The molecule has 124 valence electrons. The van der Waals surface area contributed by atoms with Gasteiger partial charge in [0.25, 0.3) is 5.91 Å². The van der Waals surface area contributed by atoms with E-state index in [9.17, 15) is 9.59 Å². The molecule has 1 aromatic carbocycles. The number of rotatable bonds is 3. The highest BCUT2D eigenvalue weighted by atomic mass is 16.5. The Morgan fingerprint density at radius 1 is 1.21 bits per heavy atom. The summed E-state index contributed by atoms with van der Waals surface area (Å²) in [6.07, 6.45) is 4.06. The van der Waals surface area contributed by atoms with Gasteiger partial charge in [-0.25, -0.2) is 9.78 Å². The van der Waals surface area contributed by atoms with Crippen LogP contribution in [0.5, 0.6) is 0 Å². The standard InChI is InChI=1S/C19H20N2O3/c1-19(9-7-13-5-3-4-6-15(13)12-19)21-17(22)14-8-10-20-16(11-14)18(23)24-2/h3-6,8,10-11H,7,9,12H2,1-2H3,(H,21,22)/t19-/m1/s1. The van der Waals surface area contributed by atoms with Crippen molar-refractivity contribution in [2.24, 2.45) is 0 Å². The van der Waals surface area contributed by atoms with E-state index in [1.807, 2.05) is 12.1 Å². The van der Waals surface area contributed by atoms with Crippen molar-refractivity contribution in [3.8, 4) is 0 Å². The second-order valence-electron chi connectivity index (χ2n) is 6.38. The highest BCUT2D eigenvalue weighted by Crippen LogP contribution is 2.28. The quantitative estimate of drug-likeness (QED) is 0.881. The molecule has 24 heavy (non-hydrogen) atoms. The lowest BCUT2D eigenvalue weighted by Gasteiger charge is -2.36. The maximum atomic E-state index is 12.6. The average molecular weight is 324 g/mol. The molecule has 0 bridgehead atoms. The number of benzene rings is 1. The van der Waals surface area contributed by atoms with Crippen LogP contribution in [0.4, 0.5) is 0 Å². The summed E-state index contributed by atoms with van der Waals surface area (Å²) in [5.74, 6) is -0.758. The van der Waals surface area contributed by atoms with Crippen LogP contribution < -0.4 is 5.32 Å². The lowest BCUT2D eigenvalue weighted by Crippen LogP contribution is -2.49. The normalized spacial score (nSPS) is 19.2. The van der Waals surface area contributed by atoms with Gasteiger partial charge in [0, 0.05) is 17.3 Å². The fourth-order valence-corrected chi connectivity index (χ4v) is 3.13. The molecule has 2 aromatic rings. The lowest BCUT2D eigenvalue weighted by atomic mass is 9.79. The van der Waals surface area contributed by atoms with Crippen molar-refractivity contribution < 1.29 is 14.3 Å². The number of fused-ring (bicyclic) bond motifs is 1. The molecule has 1 aromatic heterocycles. The van der Waals surface area contributed by atoms with Gasteiger partial charge in [-0.05, 0) is 49.4 Å². The minimum Gasteiger partial charge on any atom is -0.464 e. The molecule has 5 nitrogen and oxygen atoms in total. The zero-order valence-corrected chi connectivity index (χ0v) is 13.8. The number of methoxy groups -OCH3 is 1. The molecule has 1 amide bonds. The summed E-state index contributed by atoms with van der Waals surface area (Å²) < 4.78 is 4.65. The van der Waals surface area contributed by atoms with Crippen LogP contribution >= 0.6 is 0 Å². The van der Waals surface area contributed by atoms with Gasteiger partial charge in [0.15, 0.2) is 0 Å². The monoisotopic (exact) mass is 324 g/mol. The van der Waals surface area contributed by atoms with Crippen LogP contribution in [-0.4, -0.2) is 29.5 Å². The second-order valence-corrected chi connectivity index (χ2v) is 6.38. The van der Waals surface area contributed by atoms with Gasteiger partial charge in [-0.15, -0.1) is 0 Å². The zero-order chi connectivity index (χ0) is 17.2. The Balaban J connectivity index is 1.77. The highest BCUT2D eigenvalue weighted by molar-refractivity contribution is 5.97. The molecule has 0 saturated carbocycles. The van der Waals surface area contributed by atoms with Gasteiger partial charge in [0.1, 0.15) is 5.69 Å². The number of esters is 1. The van der Waals surface area contributed by atoms with E-state index < -0.39 is 5.97 Å². The molecule has 0 fully saturated rings. The van der Waals surface area contributed by atoms with E-state index in [1.54, 1.807) is 6.07 Å². The van der Waals surface area contributed by atoms with E-state index in [0.29, 0.717) is 5.56 Å². The predicted octanol–water partition coefficient (Wildman–Crippen LogP) is 2.55. The molecule has 3 rings (SSSR count). The van der Waals surface area contributed by atoms with Gasteiger partial charge in [-0.2, -0.15) is 0 Å². The van der Waals surface area contributed by atoms with E-state index in [4.69, 9.17) is 0 Å². The van der Waals surface area contributed by atoms with Gasteiger partial charge in [0.05, 0.1) is 7.11 Å². The van der Waals surface area contributed by atoms with Crippen molar-refractivity contribution in [1.29, 1.82) is 0 Å². The van der Waals surface area contributed by atoms with Gasteiger partial charge in [-0.1, -0.05) is 24.3 Å². The fourth-order valence-electron chi connectivity index (χ4n) is 3.13. The summed E-state index contributed by atoms with van der Waals surface area (Å²) in [6.45, 7) is 2.06. The molecule has 0 saturated heterocycles. The molecule has 0 radical (unpaired) electrons. The largest absolute Gasteiger partial charge is 0.464 e. The molecule has 0 aliphatic heterocycles. The molecule has 1 heterocycles. The predicted molar refractivity (Wildman–Crippen MR) is 89.9 cm³/mol. The SMILES string of the molecule is COC(=O)c1cc(C(=O)N[C@]2(C)CCc3ccccc3C2)ccn1. The molecule has 0 spiro atoms. The number of aromatic nitrogens is 1. The minimum absolute atomic E-state index is 0.129. The van der Waals surface area contributed by atoms with E-state index in [2.05, 4.69) is 34.1 Å². The third kappa shape index (κ3) is 3.30. The molecular weight excluding hydrogens is 304 g/mol. The van der Waals surface area contributed by atoms with E-state index >= 15 is 0 Å². The molecule has 1 N–H and O–H groups in total. The number of nitrogens with one attached hydrogen (secondary N) is 1. The van der Waals surface area contributed by atoms with Gasteiger partial charge < -0.3 is 10.1 Å². The maximum absolute atomic E-state index is 12.6. The number of amides is 1. The minimum atomic E-state index is -0.553. The molecule has 1 atom stereocenters. The van der Waals surface area contributed by atoms with Crippen LogP contribution in [0.1, 0.15) is 45.3 Å². The average Bonchev–Trinajstić information content (AvgIpc) is 2.60. The van der Waals surface area contributed by atoms with Crippen molar-refractivity contribution in [1.82, 2.24) is 10.3 Å². The van der Waals surface area contributed by atoms with Crippen LogP contribution in [0.15, 0.2) is 42.6 Å². The molecular formula is C19H20N2O3. The first-order chi connectivity index (χ1) is 11.5. The fraction of sp³-hybridized carbons (Fsp3) is 0.316. The van der Waals surface area contributed by atoms with E-state index in [-0.39, 0.29) is 17.1 Å². The summed E-state index contributed by atoms with van der Waals surface area (Å²) in [4.78, 5) is 28.1. The Labute approximate surface area is 141 Å². The van der Waals surface area contributed by atoms with Crippen LogP contribution in [0.2, 0.25) is 0 Å². The first-order valence-corrected chi connectivity index (χ1v) is 7.94. The van der Waals surface area contributed by atoms with Gasteiger partial charge in [-0.3, -0.25) is 4.79 Å². The Morgan fingerprint density at radius 2 is 1.96 bits per heavy atom. The van der Waals surface area contributed by atoms with Gasteiger partial charge in [0.2, 0.25) is 0 Å². The summed E-state index contributed by atoms with van der Waals surface area (Å²) in [5.41, 5.74) is 2.85. The third-order valence-corrected chi connectivity index (χ3v) is 4.48. The Kier molecular flexibility index (Phi) is 4.34. The summed E-state index contributed by atoms with van der Waals surface area (Å²) in [7, 11) is 1.29. The number of carbonyl (C=O) groups is 2. The van der Waals surface area contributed by atoms with Crippen LogP contribution in [0.25, 0.3) is 0 Å². The summed E-state index contributed by atoms with van der Waals surface area (Å²) in [6, 6.07) is 11.4. The lowest BCUT2D eigenvalue weighted by molar-refractivity contribution is 0.0594. The third-order valence-electron chi connectivity index (χ3n) is 4.48. The van der Waals surface area contributed by atoms with Crippen molar-refractivity contribution in [3.63, 3.8) is 0 Å². The van der Waals surface area contributed by atoms with Gasteiger partial charge >= 0.3 is 5.97 Å². The number of hydrogen-bond donors (Lipinski definition) is 1. The number of ether oxygens (including phenoxy) is 1. The smallest absolute Gasteiger partial charge is 0.356 e. The number of hydrogen-bond acceptors (Lipinski definition) is 4. The number of carbonyl (C=O) groups excluding carboxylic acids is 2. The molecule has 1 aliphatic carbocycles. The Morgan fingerprint density at radius 3 is 2.71 bits per heavy atom. The molecule has 1 aliphatic rings. The van der Waals surface area contributed by atoms with Crippen LogP contribution in [-0.2, 0) is 17.6 Å². The first kappa shape index (κ1) is 16.2. The van der Waals surface area contributed by atoms with Crippen LogP contribution in [0.3, 0.4) is 0 Å². The number of pyridine rings is 1. The molecule has 5 heteroatoms. The maximum Gasteiger partial charge on any atom is 0.356 e. The van der Waals surface area contributed by atoms with Crippen molar-refractivity contribution in [2.75, 3.05) is 7.11 Å². The van der Waals surface area contributed by atoms with Crippen LogP contribution in [0, 0.1) is 0 Å². The summed E-state index contributed by atoms with van der Waals surface area (Å²) >= 11 is 0. The van der Waals surface area contributed by atoms with Crippen molar-refractivity contribution >= 4 is 11.9 Å². The summed E-state index contributed by atoms with van der Waals surface area (Å²) in [5, 5.41) is 3.12. The molecule has 0 unspecified atom stereocenters. The zero-order valence-electron chi connectivity index (χ0n) is 13.8. The van der Waals surface area contributed by atoms with Crippen molar-refractivity contribution in [2.45, 2.75) is 31.7 Å². The Hall–Kier alpha value is -2.69. The van der Waals surface area contributed by atoms with E-state index in [0.717, 1.165) is 19.3 Å². The van der Waals surface area contributed by atoms with Crippen molar-refractivity contribution in [3.05, 3.63) is 65.0 Å². The first-order valence-electron chi connectivity index (χ1n) is 7.94. The van der Waals surface area contributed by atoms with E-state index in [1.165, 1.54) is 30.5 Å². The topological polar surface area (TPSA) is 68.3 Å². The highest BCUT2D eigenvalue weighted by Gasteiger charge is 2.31. The Bertz CT molecular complexity index is 788. The number of nitrogens with zero attached hydrogens (tertiary/aromatic N) is 1. The second kappa shape index (κ2) is 6.43.